The van der Waals surface area contributed by atoms with Gasteiger partial charge in [0, 0.05) is 17.3 Å². The van der Waals surface area contributed by atoms with Crippen LogP contribution in [-0.2, 0) is 0 Å². The maximum atomic E-state index is 13.9. The Balaban J connectivity index is 2.13. The van der Waals surface area contributed by atoms with Crippen molar-refractivity contribution in [2.75, 3.05) is 5.54 Å². The molecule has 22 heavy (non-hydrogen) atoms. The fourth-order valence-electron chi connectivity index (χ4n) is 2.10. The molecule has 7 heteroatoms. The van der Waals surface area contributed by atoms with Crippen molar-refractivity contribution in [3.05, 3.63) is 65.0 Å². The first-order chi connectivity index (χ1) is 10.7. The quantitative estimate of drug-likeness (QED) is 0.730. The molecule has 0 radical (unpaired) electrons. The van der Waals surface area contributed by atoms with E-state index in [-0.39, 0.29) is 17.2 Å². The van der Waals surface area contributed by atoms with Gasteiger partial charge in [-0.1, -0.05) is 18.2 Å². The molecule has 0 bridgehead atoms. The molecule has 0 saturated carbocycles. The van der Waals surface area contributed by atoms with Gasteiger partial charge in [-0.3, -0.25) is 4.79 Å². The topological polar surface area (TPSA) is 70.7 Å². The lowest BCUT2D eigenvalue weighted by molar-refractivity contribution is 0.591. The Morgan fingerprint density at radius 3 is 2.73 bits per heavy atom. The average molecular weight is 300 g/mol. The highest BCUT2D eigenvalue weighted by molar-refractivity contribution is 5.71. The van der Waals surface area contributed by atoms with Crippen molar-refractivity contribution in [3.8, 4) is 22.4 Å². The molecule has 0 atom stereocenters. The van der Waals surface area contributed by atoms with Crippen molar-refractivity contribution < 1.29 is 8.87 Å². The normalized spacial score (nSPS) is 10.5. The molecule has 110 valence electrons. The van der Waals surface area contributed by atoms with E-state index in [2.05, 4.69) is 15.0 Å². The smallest absolute Gasteiger partial charge is 0.255 e. The zero-order valence-electron chi connectivity index (χ0n) is 11.2. The highest BCUT2D eigenvalue weighted by Crippen LogP contribution is 2.25. The summed E-state index contributed by atoms with van der Waals surface area (Å²) in [6.45, 7) is 0. The van der Waals surface area contributed by atoms with Gasteiger partial charge in [0.1, 0.15) is 5.69 Å². The molecule has 5 nitrogen and oxygen atoms in total. The maximum absolute atomic E-state index is 13.9. The second-order valence-corrected chi connectivity index (χ2v) is 4.48. The standard InChI is InChI=1S/C15H10F2N4O/c16-12-8-19-15(21-17)20-13(12)10-4-1-3-9(7-10)11-5-2-6-18-14(11)22/h1-8H,(H,18,22)(H,19,20,21). The minimum atomic E-state index is -0.682. The largest absolute Gasteiger partial charge is 0.329 e. The summed E-state index contributed by atoms with van der Waals surface area (Å²) >= 11 is 0. The number of pyridine rings is 1. The molecule has 0 aliphatic rings. The number of hydrogen-bond donors (Lipinski definition) is 2. The molecule has 2 heterocycles. The van der Waals surface area contributed by atoms with E-state index in [9.17, 15) is 13.7 Å². The zero-order chi connectivity index (χ0) is 15.5. The van der Waals surface area contributed by atoms with E-state index in [1.54, 1.807) is 36.4 Å². The molecule has 1 aromatic carbocycles. The van der Waals surface area contributed by atoms with Gasteiger partial charge in [-0.25, -0.2) is 14.4 Å². The van der Waals surface area contributed by atoms with E-state index < -0.39 is 5.82 Å². The van der Waals surface area contributed by atoms with Crippen molar-refractivity contribution in [2.24, 2.45) is 0 Å². The van der Waals surface area contributed by atoms with E-state index >= 15 is 0 Å². The number of H-pyrrole nitrogens is 1. The van der Waals surface area contributed by atoms with Gasteiger partial charge in [0.05, 0.1) is 6.20 Å². The van der Waals surface area contributed by atoms with Gasteiger partial charge in [-0.2, -0.15) is 5.54 Å². The van der Waals surface area contributed by atoms with Crippen LogP contribution >= 0.6 is 0 Å². The molecule has 3 rings (SSSR count). The number of rotatable bonds is 3. The summed E-state index contributed by atoms with van der Waals surface area (Å²) in [6, 6.07) is 9.97. The maximum Gasteiger partial charge on any atom is 0.255 e. The molecule has 0 amide bonds. The summed E-state index contributed by atoms with van der Waals surface area (Å²) in [5, 5.41) is 0. The van der Waals surface area contributed by atoms with Crippen LogP contribution in [0.5, 0.6) is 0 Å². The second kappa shape index (κ2) is 5.72. The third-order valence-electron chi connectivity index (χ3n) is 3.09. The van der Waals surface area contributed by atoms with Gasteiger partial charge < -0.3 is 4.98 Å². The fraction of sp³-hybridized carbons (Fsp3) is 0. The van der Waals surface area contributed by atoms with Crippen LogP contribution in [0, 0.1) is 5.82 Å². The van der Waals surface area contributed by atoms with E-state index in [4.69, 9.17) is 0 Å². The Labute approximate surface area is 123 Å². The second-order valence-electron chi connectivity index (χ2n) is 4.48. The van der Waals surface area contributed by atoms with Crippen LogP contribution in [0.3, 0.4) is 0 Å². The van der Waals surface area contributed by atoms with Crippen LogP contribution in [-0.4, -0.2) is 15.0 Å². The number of aromatic amines is 1. The highest BCUT2D eigenvalue weighted by atomic mass is 19.2. The summed E-state index contributed by atoms with van der Waals surface area (Å²) in [7, 11) is 0. The number of halogens is 2. The summed E-state index contributed by atoms with van der Waals surface area (Å²) in [5.41, 5.74) is 2.43. The van der Waals surface area contributed by atoms with Crippen LogP contribution in [0.25, 0.3) is 22.4 Å². The van der Waals surface area contributed by atoms with Crippen LogP contribution < -0.4 is 11.1 Å². The minimum absolute atomic E-state index is 0.0515. The summed E-state index contributed by atoms with van der Waals surface area (Å²) in [4.78, 5) is 21.6. The van der Waals surface area contributed by atoms with Crippen molar-refractivity contribution >= 4 is 5.95 Å². The van der Waals surface area contributed by atoms with Gasteiger partial charge in [-0.05, 0) is 23.8 Å². The Kier molecular flexibility index (Phi) is 3.61. The van der Waals surface area contributed by atoms with Crippen molar-refractivity contribution in [1.82, 2.24) is 15.0 Å². The number of anilines is 1. The molecule has 0 unspecified atom stereocenters. The molecule has 2 N–H and O–H groups in total. The Morgan fingerprint density at radius 2 is 1.95 bits per heavy atom. The number of nitrogens with zero attached hydrogens (tertiary/aromatic N) is 2. The first-order valence-electron chi connectivity index (χ1n) is 6.37. The van der Waals surface area contributed by atoms with Crippen molar-refractivity contribution in [3.63, 3.8) is 0 Å². The third-order valence-corrected chi connectivity index (χ3v) is 3.09. The van der Waals surface area contributed by atoms with Gasteiger partial charge >= 0.3 is 0 Å². The minimum Gasteiger partial charge on any atom is -0.329 e. The molecule has 3 aromatic rings. The molecule has 0 aliphatic heterocycles. The lowest BCUT2D eigenvalue weighted by Gasteiger charge is -2.06. The van der Waals surface area contributed by atoms with Gasteiger partial charge in [0.2, 0.25) is 0 Å². The van der Waals surface area contributed by atoms with Crippen LogP contribution in [0.4, 0.5) is 14.8 Å². The summed E-state index contributed by atoms with van der Waals surface area (Å²) in [5.74, 6) is -1.02. The van der Waals surface area contributed by atoms with E-state index in [0.717, 1.165) is 6.20 Å². The van der Waals surface area contributed by atoms with Crippen LogP contribution in [0.2, 0.25) is 0 Å². The SMILES string of the molecule is O=c1[nH]cccc1-c1cccc(-c2nc(NF)ncc2F)c1. The van der Waals surface area contributed by atoms with Crippen LogP contribution in [0.15, 0.2) is 53.6 Å². The molecule has 0 aliphatic carbocycles. The Hall–Kier alpha value is -3.09. The lowest BCUT2D eigenvalue weighted by Crippen LogP contribution is -2.06. The van der Waals surface area contributed by atoms with Gasteiger partial charge in [-0.15, -0.1) is 4.48 Å². The Bertz CT molecular complexity index is 879. The fourth-order valence-corrected chi connectivity index (χ4v) is 2.10. The predicted octanol–water partition coefficient (Wildman–Crippen LogP) is 2.93. The first kappa shape index (κ1) is 13.9. The van der Waals surface area contributed by atoms with Gasteiger partial charge in [0.25, 0.3) is 11.5 Å². The monoisotopic (exact) mass is 300 g/mol. The van der Waals surface area contributed by atoms with E-state index in [1.807, 2.05) is 0 Å². The zero-order valence-corrected chi connectivity index (χ0v) is 11.2. The molecule has 2 aromatic heterocycles. The van der Waals surface area contributed by atoms with E-state index in [1.165, 1.54) is 11.7 Å². The first-order valence-corrected chi connectivity index (χ1v) is 6.37. The predicted molar refractivity (Wildman–Crippen MR) is 78.2 cm³/mol. The molecular formula is C15H10F2N4O. The molecular weight excluding hydrogens is 290 g/mol. The number of aromatic nitrogens is 3. The van der Waals surface area contributed by atoms with Crippen LogP contribution in [0.1, 0.15) is 0 Å². The number of benzene rings is 1. The summed E-state index contributed by atoms with van der Waals surface area (Å²) in [6.07, 6.45) is 2.41. The summed E-state index contributed by atoms with van der Waals surface area (Å²) < 4.78 is 26.3. The lowest BCUT2D eigenvalue weighted by atomic mass is 10.0. The van der Waals surface area contributed by atoms with E-state index in [0.29, 0.717) is 16.7 Å². The van der Waals surface area contributed by atoms with Crippen molar-refractivity contribution in [2.45, 2.75) is 0 Å². The molecule has 0 saturated heterocycles. The Morgan fingerprint density at radius 1 is 1.14 bits per heavy atom. The third kappa shape index (κ3) is 2.56. The number of nitrogens with one attached hydrogen (secondary N) is 2. The number of hydrogen-bond acceptors (Lipinski definition) is 4. The molecule has 0 spiro atoms. The van der Waals surface area contributed by atoms with Gasteiger partial charge in [0.15, 0.2) is 5.82 Å². The van der Waals surface area contributed by atoms with Crippen molar-refractivity contribution in [1.29, 1.82) is 0 Å². The highest BCUT2D eigenvalue weighted by Gasteiger charge is 2.11. The average Bonchev–Trinajstić information content (AvgIpc) is 2.56. The molecule has 0 fully saturated rings.